The Labute approximate surface area is 232 Å². The van der Waals surface area contributed by atoms with Gasteiger partial charge >= 0.3 is 0 Å². The number of ether oxygens (including phenoxy) is 2. The fourth-order valence-electron chi connectivity index (χ4n) is 5.23. The van der Waals surface area contributed by atoms with Crippen LogP contribution < -0.4 is 19.9 Å². The van der Waals surface area contributed by atoms with E-state index in [1.165, 1.54) is 6.07 Å². The van der Waals surface area contributed by atoms with E-state index in [0.29, 0.717) is 26.2 Å². The molecule has 2 aliphatic heterocycles. The molecule has 0 radical (unpaired) electrons. The number of aromatic nitrogens is 1. The van der Waals surface area contributed by atoms with Crippen LogP contribution in [0.5, 0.6) is 11.5 Å². The molecule has 7 nitrogen and oxygen atoms in total. The summed E-state index contributed by atoms with van der Waals surface area (Å²) in [6, 6.07) is 28.9. The van der Waals surface area contributed by atoms with E-state index < -0.39 is 0 Å². The van der Waals surface area contributed by atoms with Gasteiger partial charge in [0, 0.05) is 29.6 Å². The lowest BCUT2D eigenvalue weighted by Crippen LogP contribution is -2.56. The Balaban J connectivity index is 1.54. The molecule has 0 aliphatic carbocycles. The van der Waals surface area contributed by atoms with Crippen LogP contribution in [0.25, 0.3) is 0 Å². The summed E-state index contributed by atoms with van der Waals surface area (Å²) in [6.07, 6.45) is 2.33. The fraction of sp³-hybridized carbons (Fsp3) is 0.226. The Morgan fingerprint density at radius 2 is 1.62 bits per heavy atom. The van der Waals surface area contributed by atoms with Crippen LogP contribution in [0.3, 0.4) is 0 Å². The number of carbonyl (C=O) groups excluding carboxylic acids is 1. The molecule has 4 aromatic rings. The van der Waals surface area contributed by atoms with Crippen LogP contribution in [0.2, 0.25) is 0 Å². The van der Waals surface area contributed by atoms with E-state index in [1.807, 2.05) is 66.7 Å². The van der Waals surface area contributed by atoms with Crippen molar-refractivity contribution in [2.24, 2.45) is 0 Å². The standard InChI is InChI=1S/C31H29N3O4S/c35-26-15-17-33-29(30(26)38-20-22-9-3-1-4-10-22)31(36)32-19-24(39)16-18-37-27-14-8-7-13-25(27)28(34(33)21-32)23-11-5-2-6-12-23/h1-15,17,24,28,39H,16,18-21H2/t24-,28-/m0/s1. The molecule has 0 saturated heterocycles. The van der Waals surface area contributed by atoms with Crippen LogP contribution >= 0.6 is 12.6 Å². The number of fused-ring (bicyclic) bond motifs is 5. The normalized spacial score (nSPS) is 18.8. The topological polar surface area (TPSA) is 64.0 Å². The highest BCUT2D eigenvalue weighted by Crippen LogP contribution is 2.37. The van der Waals surface area contributed by atoms with E-state index in [0.717, 1.165) is 22.4 Å². The maximum Gasteiger partial charge on any atom is 0.277 e. The van der Waals surface area contributed by atoms with Crippen LogP contribution in [-0.4, -0.2) is 40.6 Å². The van der Waals surface area contributed by atoms with Crippen molar-refractivity contribution in [1.82, 2.24) is 9.58 Å². The zero-order valence-corrected chi connectivity index (χ0v) is 22.2. The lowest BCUT2D eigenvalue weighted by atomic mass is 9.97. The smallest absolute Gasteiger partial charge is 0.277 e. The number of nitrogens with zero attached hydrogens (tertiary/aromatic N) is 3. The van der Waals surface area contributed by atoms with Gasteiger partial charge in [-0.25, -0.2) is 0 Å². The number of carbonyl (C=O) groups is 1. The van der Waals surface area contributed by atoms with E-state index in [9.17, 15) is 9.59 Å². The Morgan fingerprint density at radius 3 is 2.41 bits per heavy atom. The van der Waals surface area contributed by atoms with Crippen molar-refractivity contribution < 1.29 is 14.3 Å². The first-order chi connectivity index (χ1) is 19.1. The molecule has 0 saturated carbocycles. The Morgan fingerprint density at radius 1 is 0.897 bits per heavy atom. The molecule has 0 unspecified atom stereocenters. The maximum absolute atomic E-state index is 14.0. The molecule has 198 valence electrons. The maximum atomic E-state index is 14.0. The Kier molecular flexibility index (Phi) is 7.02. The summed E-state index contributed by atoms with van der Waals surface area (Å²) < 4.78 is 14.1. The first-order valence-corrected chi connectivity index (χ1v) is 13.5. The van der Waals surface area contributed by atoms with Gasteiger partial charge in [-0.05, 0) is 23.6 Å². The van der Waals surface area contributed by atoms with Gasteiger partial charge < -0.3 is 14.4 Å². The van der Waals surface area contributed by atoms with Crippen molar-refractivity contribution in [2.45, 2.75) is 24.3 Å². The second kappa shape index (κ2) is 10.9. The zero-order chi connectivity index (χ0) is 26.8. The highest BCUT2D eigenvalue weighted by atomic mass is 32.1. The Bertz CT molecular complexity index is 1530. The van der Waals surface area contributed by atoms with Crippen LogP contribution in [-0.2, 0) is 6.61 Å². The molecular weight excluding hydrogens is 510 g/mol. The van der Waals surface area contributed by atoms with E-state index in [2.05, 4.69) is 23.2 Å². The molecule has 3 aromatic carbocycles. The minimum absolute atomic E-state index is 0.0444. The van der Waals surface area contributed by atoms with Crippen LogP contribution in [0.15, 0.2) is 102 Å². The predicted molar refractivity (Wildman–Crippen MR) is 153 cm³/mol. The first-order valence-electron chi connectivity index (χ1n) is 13.0. The predicted octanol–water partition coefficient (Wildman–Crippen LogP) is 4.65. The van der Waals surface area contributed by atoms with Crippen molar-refractivity contribution in [1.29, 1.82) is 0 Å². The van der Waals surface area contributed by atoms with Crippen molar-refractivity contribution in [3.05, 3.63) is 130 Å². The molecule has 1 amide bonds. The average Bonchev–Trinajstić information content (AvgIpc) is 2.98. The van der Waals surface area contributed by atoms with Gasteiger partial charge in [-0.3, -0.25) is 19.3 Å². The zero-order valence-electron chi connectivity index (χ0n) is 21.3. The number of hydrogen-bond donors (Lipinski definition) is 1. The van der Waals surface area contributed by atoms with Crippen molar-refractivity contribution in [3.63, 3.8) is 0 Å². The molecule has 3 heterocycles. The highest BCUT2D eigenvalue weighted by Gasteiger charge is 2.38. The van der Waals surface area contributed by atoms with Crippen molar-refractivity contribution >= 4 is 18.5 Å². The summed E-state index contributed by atoms with van der Waals surface area (Å²) in [7, 11) is 0. The number of para-hydroxylation sites is 1. The van der Waals surface area contributed by atoms with Crippen LogP contribution in [0.4, 0.5) is 0 Å². The monoisotopic (exact) mass is 539 g/mol. The van der Waals surface area contributed by atoms with Gasteiger partial charge in [0.25, 0.3) is 5.91 Å². The largest absolute Gasteiger partial charge is 0.493 e. The summed E-state index contributed by atoms with van der Waals surface area (Å²) in [5.41, 5.74) is 2.78. The third-order valence-electron chi connectivity index (χ3n) is 7.11. The van der Waals surface area contributed by atoms with E-state index >= 15 is 0 Å². The lowest BCUT2D eigenvalue weighted by molar-refractivity contribution is 0.0676. The molecule has 0 N–H and O–H groups in total. The summed E-state index contributed by atoms with van der Waals surface area (Å²) in [5, 5.41) is 1.99. The highest BCUT2D eigenvalue weighted by molar-refractivity contribution is 7.81. The first kappa shape index (κ1) is 25.1. The van der Waals surface area contributed by atoms with E-state index in [4.69, 9.17) is 22.1 Å². The molecule has 1 aromatic heterocycles. The summed E-state index contributed by atoms with van der Waals surface area (Å²) in [4.78, 5) is 28.9. The van der Waals surface area contributed by atoms with E-state index in [1.54, 1.807) is 15.8 Å². The van der Waals surface area contributed by atoms with Gasteiger partial charge in [-0.2, -0.15) is 12.6 Å². The second-order valence-corrected chi connectivity index (χ2v) is 10.5. The summed E-state index contributed by atoms with van der Waals surface area (Å²) in [6.45, 7) is 1.36. The van der Waals surface area contributed by atoms with Gasteiger partial charge in [0.15, 0.2) is 11.4 Å². The van der Waals surface area contributed by atoms with Crippen LogP contribution in [0.1, 0.15) is 39.6 Å². The van der Waals surface area contributed by atoms with Gasteiger partial charge in [0.2, 0.25) is 5.43 Å². The molecule has 8 heteroatoms. The minimum atomic E-state index is -0.334. The molecule has 2 atom stereocenters. The van der Waals surface area contributed by atoms with Crippen molar-refractivity contribution in [3.8, 4) is 11.5 Å². The quantitative estimate of drug-likeness (QED) is 0.383. The molecule has 2 aliphatic rings. The van der Waals surface area contributed by atoms with Gasteiger partial charge in [0.05, 0.1) is 6.61 Å². The van der Waals surface area contributed by atoms with Gasteiger partial charge in [0.1, 0.15) is 25.1 Å². The number of thiol groups is 1. The lowest BCUT2D eigenvalue weighted by Gasteiger charge is -2.44. The van der Waals surface area contributed by atoms with Gasteiger partial charge in [-0.1, -0.05) is 78.9 Å². The molecule has 0 fully saturated rings. The number of amides is 1. The number of pyridine rings is 1. The number of rotatable bonds is 4. The molecule has 39 heavy (non-hydrogen) atoms. The van der Waals surface area contributed by atoms with Crippen LogP contribution in [0, 0.1) is 0 Å². The third-order valence-corrected chi connectivity index (χ3v) is 7.53. The third kappa shape index (κ3) is 5.00. The average molecular weight is 540 g/mol. The number of benzene rings is 3. The number of hydrogen-bond acceptors (Lipinski definition) is 6. The van der Waals surface area contributed by atoms with Gasteiger partial charge in [-0.15, -0.1) is 0 Å². The molecule has 2 bridgehead atoms. The summed E-state index contributed by atoms with van der Waals surface area (Å²) >= 11 is 4.78. The molecular formula is C31H29N3O4S. The molecule has 0 spiro atoms. The summed E-state index contributed by atoms with van der Waals surface area (Å²) in [5.74, 6) is 0.565. The Hall–Kier alpha value is -4.17. The second-order valence-electron chi connectivity index (χ2n) is 9.73. The fourth-order valence-corrected chi connectivity index (χ4v) is 5.53. The van der Waals surface area contributed by atoms with Crippen molar-refractivity contribution in [2.75, 3.05) is 24.8 Å². The minimum Gasteiger partial charge on any atom is -0.493 e. The molecule has 6 rings (SSSR count). The SMILES string of the molecule is O=C1c2c(OCc3ccccc3)c(=O)ccn2N2CN1C[C@@H](S)CCOc1ccccc1[C@@H]2c1ccccc1. The van der Waals surface area contributed by atoms with E-state index in [-0.39, 0.29) is 40.7 Å².